The summed E-state index contributed by atoms with van der Waals surface area (Å²) >= 11 is 0. The third kappa shape index (κ3) is 15.7. The Kier molecular flexibility index (Phi) is 14.1. The van der Waals surface area contributed by atoms with E-state index in [2.05, 4.69) is 0 Å². The van der Waals surface area contributed by atoms with Gasteiger partial charge in [0.2, 0.25) is 0 Å². The number of hydrogen-bond donors (Lipinski definition) is 0. The molecular formula is C16H32O5. The fourth-order valence-corrected chi connectivity index (χ4v) is 1.52. The monoisotopic (exact) mass is 304 g/mol. The first kappa shape index (κ1) is 20.5. The van der Waals surface area contributed by atoms with Crippen LogP contribution in [0.5, 0.6) is 0 Å². The minimum atomic E-state index is 0.124. The van der Waals surface area contributed by atoms with Crippen LogP contribution < -0.4 is 0 Å². The van der Waals surface area contributed by atoms with E-state index in [1.54, 1.807) is 0 Å². The summed E-state index contributed by atoms with van der Waals surface area (Å²) in [5.74, 6) is 0.424. The summed E-state index contributed by atoms with van der Waals surface area (Å²) in [6.45, 7) is 12.0. The van der Waals surface area contributed by atoms with Gasteiger partial charge in [0.1, 0.15) is 5.78 Å². The summed E-state index contributed by atoms with van der Waals surface area (Å²) in [5.41, 5.74) is 0. The summed E-state index contributed by atoms with van der Waals surface area (Å²) in [5, 5.41) is 0. The van der Waals surface area contributed by atoms with E-state index in [1.165, 1.54) is 0 Å². The molecule has 0 aliphatic carbocycles. The van der Waals surface area contributed by atoms with Crippen molar-refractivity contribution in [2.24, 2.45) is 5.92 Å². The molecule has 126 valence electrons. The Morgan fingerprint density at radius 3 is 1.71 bits per heavy atom. The lowest BCUT2D eigenvalue weighted by Crippen LogP contribution is -2.14. The summed E-state index contributed by atoms with van der Waals surface area (Å²) in [7, 11) is 0. The number of carbonyl (C=O) groups excluding carboxylic acids is 1. The summed E-state index contributed by atoms with van der Waals surface area (Å²) in [4.78, 5) is 11.4. The van der Waals surface area contributed by atoms with Gasteiger partial charge >= 0.3 is 0 Å². The van der Waals surface area contributed by atoms with E-state index in [0.29, 0.717) is 58.5 Å². The highest BCUT2D eigenvalue weighted by molar-refractivity contribution is 5.80. The summed E-state index contributed by atoms with van der Waals surface area (Å²) in [6, 6.07) is 0. The second kappa shape index (κ2) is 14.4. The second-order valence-corrected chi connectivity index (χ2v) is 5.48. The normalized spacial score (nSPS) is 11.5. The molecule has 0 bridgehead atoms. The van der Waals surface area contributed by atoms with Crippen molar-refractivity contribution >= 4 is 5.78 Å². The molecule has 0 spiro atoms. The molecule has 0 aromatic carbocycles. The Labute approximate surface area is 129 Å². The number of hydrogen-bond acceptors (Lipinski definition) is 5. The molecule has 0 rings (SSSR count). The zero-order valence-electron chi connectivity index (χ0n) is 14.1. The van der Waals surface area contributed by atoms with Gasteiger partial charge in [-0.1, -0.05) is 13.8 Å². The maximum atomic E-state index is 11.4. The summed E-state index contributed by atoms with van der Waals surface area (Å²) < 4.78 is 21.5. The van der Waals surface area contributed by atoms with Crippen molar-refractivity contribution < 1.29 is 23.7 Å². The molecule has 0 radical (unpaired) electrons. The van der Waals surface area contributed by atoms with Crippen LogP contribution in [-0.2, 0) is 23.7 Å². The Morgan fingerprint density at radius 2 is 1.24 bits per heavy atom. The van der Waals surface area contributed by atoms with Crippen molar-refractivity contribution in [2.45, 2.75) is 46.6 Å². The van der Waals surface area contributed by atoms with Crippen molar-refractivity contribution in [1.29, 1.82) is 0 Å². The molecule has 0 unspecified atom stereocenters. The highest BCUT2D eigenvalue weighted by atomic mass is 16.6. The Hall–Kier alpha value is -0.490. The van der Waals surface area contributed by atoms with Gasteiger partial charge in [-0.2, -0.15) is 0 Å². The third-order valence-electron chi connectivity index (χ3n) is 2.78. The smallest absolute Gasteiger partial charge is 0.135 e. The highest BCUT2D eigenvalue weighted by Crippen LogP contribution is 2.01. The highest BCUT2D eigenvalue weighted by Gasteiger charge is 2.05. The number of Topliss-reactive ketones (excluding diaryl/α,β-unsaturated/α-hetero) is 1. The largest absolute Gasteiger partial charge is 0.379 e. The lowest BCUT2D eigenvalue weighted by atomic mass is 10.1. The van der Waals surface area contributed by atoms with Crippen molar-refractivity contribution in [3.8, 4) is 0 Å². The SMILES string of the molecule is CC(C)OCCOCCOCCOCCCC(=O)C(C)C. The molecule has 0 aliphatic rings. The second-order valence-electron chi connectivity index (χ2n) is 5.48. The van der Waals surface area contributed by atoms with Crippen molar-refractivity contribution in [2.75, 3.05) is 46.2 Å². The molecule has 21 heavy (non-hydrogen) atoms. The van der Waals surface area contributed by atoms with Gasteiger partial charge in [0.15, 0.2) is 0 Å². The van der Waals surface area contributed by atoms with E-state index >= 15 is 0 Å². The number of ketones is 1. The maximum absolute atomic E-state index is 11.4. The third-order valence-corrected chi connectivity index (χ3v) is 2.78. The van der Waals surface area contributed by atoms with E-state index in [-0.39, 0.29) is 12.0 Å². The topological polar surface area (TPSA) is 54.0 Å². The zero-order valence-corrected chi connectivity index (χ0v) is 14.1. The lowest BCUT2D eigenvalue weighted by molar-refractivity contribution is -0.122. The first-order valence-corrected chi connectivity index (χ1v) is 7.91. The Morgan fingerprint density at radius 1 is 0.762 bits per heavy atom. The Bertz CT molecular complexity index is 241. The van der Waals surface area contributed by atoms with Gasteiger partial charge in [0.05, 0.1) is 45.7 Å². The molecular weight excluding hydrogens is 272 g/mol. The Balaban J connectivity index is 3.08. The number of ether oxygens (including phenoxy) is 4. The molecule has 0 atom stereocenters. The minimum absolute atomic E-state index is 0.124. The maximum Gasteiger partial charge on any atom is 0.135 e. The molecule has 0 aromatic rings. The van der Waals surface area contributed by atoms with Crippen molar-refractivity contribution in [3.63, 3.8) is 0 Å². The first-order valence-electron chi connectivity index (χ1n) is 7.91. The van der Waals surface area contributed by atoms with Crippen LogP contribution in [0.25, 0.3) is 0 Å². The van der Waals surface area contributed by atoms with E-state index < -0.39 is 0 Å². The average molecular weight is 304 g/mol. The van der Waals surface area contributed by atoms with Crippen LogP contribution in [0.3, 0.4) is 0 Å². The molecule has 5 nitrogen and oxygen atoms in total. The number of rotatable bonds is 15. The van der Waals surface area contributed by atoms with Crippen LogP contribution in [0.4, 0.5) is 0 Å². The fraction of sp³-hybridized carbons (Fsp3) is 0.938. The van der Waals surface area contributed by atoms with Crippen LogP contribution >= 0.6 is 0 Å². The van der Waals surface area contributed by atoms with Crippen LogP contribution in [0.2, 0.25) is 0 Å². The van der Waals surface area contributed by atoms with Crippen LogP contribution in [0.1, 0.15) is 40.5 Å². The van der Waals surface area contributed by atoms with Gasteiger partial charge in [-0.3, -0.25) is 4.79 Å². The number of carbonyl (C=O) groups is 1. The van der Waals surface area contributed by atoms with Gasteiger partial charge < -0.3 is 18.9 Å². The molecule has 5 heteroatoms. The molecule has 0 heterocycles. The zero-order chi connectivity index (χ0) is 15.9. The first-order chi connectivity index (χ1) is 10.0. The summed E-state index contributed by atoms with van der Waals surface area (Å²) in [6.07, 6.45) is 1.64. The van der Waals surface area contributed by atoms with E-state index in [9.17, 15) is 4.79 Å². The molecule has 0 aromatic heterocycles. The minimum Gasteiger partial charge on any atom is -0.379 e. The van der Waals surface area contributed by atoms with Crippen molar-refractivity contribution in [3.05, 3.63) is 0 Å². The van der Waals surface area contributed by atoms with Crippen molar-refractivity contribution in [1.82, 2.24) is 0 Å². The van der Waals surface area contributed by atoms with Gasteiger partial charge in [-0.15, -0.1) is 0 Å². The molecule has 0 N–H and O–H groups in total. The molecule has 0 saturated carbocycles. The van der Waals surface area contributed by atoms with Gasteiger partial charge in [0.25, 0.3) is 0 Å². The van der Waals surface area contributed by atoms with E-state index in [0.717, 1.165) is 6.42 Å². The molecule has 0 amide bonds. The van der Waals surface area contributed by atoms with Crippen LogP contribution in [0.15, 0.2) is 0 Å². The molecule has 0 fully saturated rings. The van der Waals surface area contributed by atoms with Gasteiger partial charge in [0, 0.05) is 18.9 Å². The fourth-order valence-electron chi connectivity index (χ4n) is 1.52. The lowest BCUT2D eigenvalue weighted by Gasteiger charge is -2.09. The van der Waals surface area contributed by atoms with Crippen LogP contribution in [0, 0.1) is 5.92 Å². The van der Waals surface area contributed by atoms with Gasteiger partial charge in [-0.05, 0) is 20.3 Å². The standard InChI is InChI=1S/C16H32O5/c1-14(2)16(17)6-5-7-18-8-9-19-10-11-20-12-13-21-15(3)4/h14-15H,5-13H2,1-4H3. The molecule has 0 aliphatic heterocycles. The average Bonchev–Trinajstić information content (AvgIpc) is 2.43. The predicted octanol–water partition coefficient (Wildman–Crippen LogP) is 2.47. The van der Waals surface area contributed by atoms with E-state index in [4.69, 9.17) is 18.9 Å². The van der Waals surface area contributed by atoms with E-state index in [1.807, 2.05) is 27.7 Å². The van der Waals surface area contributed by atoms with Gasteiger partial charge in [-0.25, -0.2) is 0 Å². The van der Waals surface area contributed by atoms with Crippen LogP contribution in [-0.4, -0.2) is 58.1 Å². The molecule has 0 saturated heterocycles. The quantitative estimate of drug-likeness (QED) is 0.435. The predicted molar refractivity (Wildman–Crippen MR) is 82.6 cm³/mol.